The fourth-order valence-corrected chi connectivity index (χ4v) is 2.25. The number of carbonyl (C=O) groups excluding carboxylic acids is 1. The van der Waals surface area contributed by atoms with Crippen LogP contribution in [0.25, 0.3) is 0 Å². The van der Waals surface area contributed by atoms with Crippen LogP contribution >= 0.6 is 12.2 Å². The molecule has 0 unspecified atom stereocenters. The molecule has 6 heteroatoms. The van der Waals surface area contributed by atoms with Crippen LogP contribution in [0, 0.1) is 0 Å². The van der Waals surface area contributed by atoms with Gasteiger partial charge in [0.1, 0.15) is 17.3 Å². The molecule has 0 spiro atoms. The van der Waals surface area contributed by atoms with Gasteiger partial charge < -0.3 is 10.1 Å². The van der Waals surface area contributed by atoms with Crippen LogP contribution in [0.2, 0.25) is 0 Å². The van der Waals surface area contributed by atoms with Crippen LogP contribution in [-0.2, 0) is 11.2 Å². The molecule has 0 aliphatic heterocycles. The number of hydroxylamine groups is 1. The monoisotopic (exact) mass is 344 g/mol. The summed E-state index contributed by atoms with van der Waals surface area (Å²) in [5, 5.41) is 11.6. The highest BCUT2D eigenvalue weighted by molar-refractivity contribution is 7.80. The molecule has 24 heavy (non-hydrogen) atoms. The Morgan fingerprint density at radius 2 is 1.79 bits per heavy atom. The van der Waals surface area contributed by atoms with Crippen molar-refractivity contribution in [2.45, 2.75) is 12.8 Å². The fourth-order valence-electron chi connectivity index (χ4n) is 2.12. The van der Waals surface area contributed by atoms with Crippen LogP contribution in [-0.4, -0.2) is 29.3 Å². The first-order valence-electron chi connectivity index (χ1n) is 7.67. The van der Waals surface area contributed by atoms with Gasteiger partial charge in [-0.15, -0.1) is 0 Å². The number of nitrogens with one attached hydrogen (secondary N) is 2. The van der Waals surface area contributed by atoms with Crippen molar-refractivity contribution in [1.29, 1.82) is 0 Å². The molecule has 3 N–H and O–H groups in total. The first-order valence-corrected chi connectivity index (χ1v) is 8.08. The van der Waals surface area contributed by atoms with E-state index in [0.29, 0.717) is 30.9 Å². The lowest BCUT2D eigenvalue weighted by atomic mass is 10.1. The van der Waals surface area contributed by atoms with Gasteiger partial charge >= 0.3 is 0 Å². The summed E-state index contributed by atoms with van der Waals surface area (Å²) in [6, 6.07) is 16.9. The van der Waals surface area contributed by atoms with Crippen molar-refractivity contribution in [3.05, 3.63) is 65.7 Å². The van der Waals surface area contributed by atoms with Crippen LogP contribution in [0.15, 0.2) is 54.6 Å². The number of rotatable bonds is 8. The molecule has 0 aliphatic carbocycles. The van der Waals surface area contributed by atoms with Crippen molar-refractivity contribution in [2.24, 2.45) is 0 Å². The van der Waals surface area contributed by atoms with Gasteiger partial charge in [0.25, 0.3) is 0 Å². The van der Waals surface area contributed by atoms with Crippen LogP contribution in [0.1, 0.15) is 17.5 Å². The first kappa shape index (κ1) is 17.9. The Kier molecular flexibility index (Phi) is 7.20. The van der Waals surface area contributed by atoms with Gasteiger partial charge in [-0.2, -0.15) is 0 Å². The second-order valence-electron chi connectivity index (χ2n) is 5.15. The minimum Gasteiger partial charge on any atom is -0.492 e. The zero-order chi connectivity index (χ0) is 17.2. The van der Waals surface area contributed by atoms with Gasteiger partial charge in [-0.1, -0.05) is 42.5 Å². The average molecular weight is 344 g/mol. The molecule has 2 rings (SSSR count). The van der Waals surface area contributed by atoms with Gasteiger partial charge in [-0.05, 0) is 36.2 Å². The largest absolute Gasteiger partial charge is 0.492 e. The van der Waals surface area contributed by atoms with E-state index in [4.69, 9.17) is 22.2 Å². The molecule has 0 atom stereocenters. The Morgan fingerprint density at radius 3 is 2.46 bits per heavy atom. The van der Waals surface area contributed by atoms with E-state index in [1.807, 2.05) is 35.8 Å². The molecule has 0 saturated carbocycles. The number of carbonyl (C=O) groups is 1. The third kappa shape index (κ3) is 5.98. The zero-order valence-electron chi connectivity index (χ0n) is 13.2. The number of aryl methyl sites for hydroxylation is 1. The van der Waals surface area contributed by atoms with Crippen LogP contribution in [0.3, 0.4) is 0 Å². The number of hydrogen-bond acceptors (Lipinski definition) is 4. The summed E-state index contributed by atoms with van der Waals surface area (Å²) in [6.07, 6.45) is 1.19. The highest BCUT2D eigenvalue weighted by Crippen LogP contribution is 2.12. The van der Waals surface area contributed by atoms with Gasteiger partial charge in [-0.25, -0.2) is 0 Å². The normalized spacial score (nSPS) is 10.0. The predicted molar refractivity (Wildman–Crippen MR) is 96.3 cm³/mol. The topological polar surface area (TPSA) is 70.6 Å². The van der Waals surface area contributed by atoms with Crippen molar-refractivity contribution < 1.29 is 14.7 Å². The van der Waals surface area contributed by atoms with E-state index in [9.17, 15) is 4.79 Å². The second-order valence-corrected chi connectivity index (χ2v) is 5.56. The Hall–Kier alpha value is -2.44. The molecule has 5 nitrogen and oxygen atoms in total. The van der Waals surface area contributed by atoms with E-state index in [0.717, 1.165) is 12.0 Å². The maximum Gasteiger partial charge on any atom is 0.220 e. The summed E-state index contributed by atoms with van der Waals surface area (Å²) in [5.41, 5.74) is 3.79. The Labute approximate surface area is 146 Å². The lowest BCUT2D eigenvalue weighted by Gasteiger charge is -2.09. The van der Waals surface area contributed by atoms with Crippen molar-refractivity contribution in [3.8, 4) is 5.75 Å². The van der Waals surface area contributed by atoms with Gasteiger partial charge in [0, 0.05) is 12.0 Å². The number of ether oxygens (including phenoxy) is 1. The molecule has 0 aromatic heterocycles. The van der Waals surface area contributed by atoms with E-state index in [1.165, 1.54) is 0 Å². The van der Waals surface area contributed by atoms with E-state index in [-0.39, 0.29) is 10.9 Å². The molecular weight excluding hydrogens is 324 g/mol. The van der Waals surface area contributed by atoms with Crippen molar-refractivity contribution >= 4 is 23.1 Å². The number of amides is 1. The van der Waals surface area contributed by atoms with Crippen molar-refractivity contribution in [2.75, 3.05) is 13.2 Å². The minimum absolute atomic E-state index is 0.0113. The predicted octanol–water partition coefficient (Wildman–Crippen LogP) is 2.47. The third-order valence-electron chi connectivity index (χ3n) is 3.39. The highest BCUT2D eigenvalue weighted by atomic mass is 32.1. The summed E-state index contributed by atoms with van der Waals surface area (Å²) in [6.45, 7) is 0.838. The molecule has 0 bridgehead atoms. The summed E-state index contributed by atoms with van der Waals surface area (Å²) in [7, 11) is 0. The first-order chi connectivity index (χ1) is 11.7. The molecule has 1 amide bonds. The molecule has 0 aliphatic rings. The summed E-state index contributed by atoms with van der Waals surface area (Å²) in [5.74, 6) is 0.690. The van der Waals surface area contributed by atoms with Gasteiger partial charge in [0.05, 0.1) is 6.54 Å². The Balaban J connectivity index is 1.63. The van der Waals surface area contributed by atoms with Crippen LogP contribution in [0.4, 0.5) is 0 Å². The van der Waals surface area contributed by atoms with Crippen LogP contribution in [0.5, 0.6) is 5.75 Å². The molecule has 0 radical (unpaired) electrons. The van der Waals surface area contributed by atoms with Gasteiger partial charge in [0.15, 0.2) is 0 Å². The van der Waals surface area contributed by atoms with E-state index >= 15 is 0 Å². The quantitative estimate of drug-likeness (QED) is 0.390. The summed E-state index contributed by atoms with van der Waals surface area (Å²) < 4.78 is 5.55. The third-order valence-corrected chi connectivity index (χ3v) is 3.72. The molecular formula is C18H20N2O3S. The van der Waals surface area contributed by atoms with E-state index in [1.54, 1.807) is 24.3 Å². The number of hydrogen-bond donors (Lipinski definition) is 3. The minimum atomic E-state index is 0.0113. The average Bonchev–Trinajstić information content (AvgIpc) is 2.64. The van der Waals surface area contributed by atoms with E-state index in [2.05, 4.69) is 5.32 Å². The van der Waals surface area contributed by atoms with Gasteiger partial charge in [0.2, 0.25) is 5.91 Å². The van der Waals surface area contributed by atoms with Gasteiger partial charge in [-0.3, -0.25) is 15.5 Å². The standard InChI is InChI=1S/C18H20N2O3S/c21-17(11-6-14-4-2-1-3-5-14)19-12-13-23-16-9-7-15(8-10-16)18(24)20-22/h1-5,7-10,22H,6,11-13H2,(H,19,21)(H,20,24). The number of thiocarbonyl (C=S) groups is 1. The molecule has 2 aromatic rings. The Morgan fingerprint density at radius 1 is 1.08 bits per heavy atom. The van der Waals surface area contributed by atoms with E-state index < -0.39 is 0 Å². The summed E-state index contributed by atoms with van der Waals surface area (Å²) >= 11 is 4.91. The lowest BCUT2D eigenvalue weighted by molar-refractivity contribution is -0.121. The second kappa shape index (κ2) is 9.64. The summed E-state index contributed by atoms with van der Waals surface area (Å²) in [4.78, 5) is 12.0. The van der Waals surface area contributed by atoms with Crippen molar-refractivity contribution in [3.63, 3.8) is 0 Å². The maximum absolute atomic E-state index is 11.8. The fraction of sp³-hybridized carbons (Fsp3) is 0.222. The SMILES string of the molecule is O=C(CCc1ccccc1)NCCOc1ccc(C(=S)NO)cc1. The molecule has 0 saturated heterocycles. The molecule has 126 valence electrons. The smallest absolute Gasteiger partial charge is 0.220 e. The highest BCUT2D eigenvalue weighted by Gasteiger charge is 2.03. The molecule has 2 aromatic carbocycles. The van der Waals surface area contributed by atoms with Crippen LogP contribution < -0.4 is 15.5 Å². The maximum atomic E-state index is 11.8. The lowest BCUT2D eigenvalue weighted by Crippen LogP contribution is -2.28. The molecule has 0 fully saturated rings. The number of benzene rings is 2. The molecule has 0 heterocycles. The zero-order valence-corrected chi connectivity index (χ0v) is 14.0. The van der Waals surface area contributed by atoms with Crippen molar-refractivity contribution in [1.82, 2.24) is 10.8 Å². The Bertz CT molecular complexity index is 660.